The first-order chi connectivity index (χ1) is 12.4. The Hall–Kier alpha value is -2.11. The minimum absolute atomic E-state index is 0.242. The molecule has 1 aromatic heterocycles. The Labute approximate surface area is 161 Å². The highest BCUT2D eigenvalue weighted by Crippen LogP contribution is 2.27. The normalized spacial score (nSPS) is 12.3. The van der Waals surface area contributed by atoms with E-state index in [1.165, 1.54) is 5.56 Å². The number of quaternary nitrogens is 1. The van der Waals surface area contributed by atoms with Crippen molar-refractivity contribution in [3.8, 4) is 5.75 Å². The van der Waals surface area contributed by atoms with Gasteiger partial charge in [0.2, 0.25) is 0 Å². The Kier molecular flexibility index (Phi) is 5.49. The number of ether oxygens (including phenoxy) is 1. The molecule has 136 valence electrons. The average molecular weight is 417 g/mol. The number of halogens is 1. The Morgan fingerprint density at radius 2 is 1.96 bits per heavy atom. The molecule has 1 atom stereocenters. The minimum atomic E-state index is -0.297. The van der Waals surface area contributed by atoms with Crippen molar-refractivity contribution in [2.75, 3.05) is 7.11 Å². The average Bonchev–Trinajstić information content (AvgIpc) is 2.62. The highest BCUT2D eigenvalue weighted by atomic mass is 79.9. The Bertz CT molecular complexity index is 1010. The molecule has 3 rings (SSSR count). The van der Waals surface area contributed by atoms with Gasteiger partial charge < -0.3 is 14.5 Å². The van der Waals surface area contributed by atoms with Crippen molar-refractivity contribution < 1.29 is 14.5 Å². The molecule has 2 N–H and O–H groups in total. The number of aryl methyl sites for hydroxylation is 2. The van der Waals surface area contributed by atoms with Gasteiger partial charge in [-0.2, -0.15) is 0 Å². The van der Waals surface area contributed by atoms with E-state index in [2.05, 4.69) is 46.4 Å². The summed E-state index contributed by atoms with van der Waals surface area (Å²) in [5.74, 6) is 0.818. The van der Waals surface area contributed by atoms with Crippen molar-refractivity contribution in [2.24, 2.45) is 0 Å². The first-order valence-electron chi connectivity index (χ1n) is 8.60. The van der Waals surface area contributed by atoms with Crippen LogP contribution in [0.3, 0.4) is 0 Å². The van der Waals surface area contributed by atoms with Gasteiger partial charge >= 0.3 is 5.63 Å². The van der Waals surface area contributed by atoms with Crippen LogP contribution in [-0.4, -0.2) is 7.11 Å². The molecular formula is C21H23BrNO3+. The van der Waals surface area contributed by atoms with Crippen LogP contribution in [0, 0.1) is 13.8 Å². The smallest absolute Gasteiger partial charge is 0.336 e. The van der Waals surface area contributed by atoms with Crippen LogP contribution in [0.5, 0.6) is 5.75 Å². The number of benzene rings is 2. The molecule has 5 heteroatoms. The van der Waals surface area contributed by atoms with Crippen LogP contribution in [0.25, 0.3) is 11.0 Å². The third-order valence-electron chi connectivity index (χ3n) is 4.91. The maximum absolute atomic E-state index is 12.0. The van der Waals surface area contributed by atoms with E-state index in [1.54, 1.807) is 13.2 Å². The molecular weight excluding hydrogens is 394 g/mol. The lowest BCUT2D eigenvalue weighted by molar-refractivity contribution is -0.707. The first kappa shape index (κ1) is 18.7. The summed E-state index contributed by atoms with van der Waals surface area (Å²) in [6, 6.07) is 12.1. The zero-order valence-electron chi connectivity index (χ0n) is 15.4. The lowest BCUT2D eigenvalue weighted by Gasteiger charge is -2.14. The lowest BCUT2D eigenvalue weighted by Crippen LogP contribution is -2.83. The summed E-state index contributed by atoms with van der Waals surface area (Å²) >= 11 is 3.54. The summed E-state index contributed by atoms with van der Waals surface area (Å²) < 4.78 is 11.7. The first-order valence-corrected chi connectivity index (χ1v) is 9.39. The van der Waals surface area contributed by atoms with Gasteiger partial charge in [0.25, 0.3) is 0 Å². The molecule has 0 saturated carbocycles. The zero-order chi connectivity index (χ0) is 18.8. The van der Waals surface area contributed by atoms with Crippen LogP contribution in [0.1, 0.15) is 35.2 Å². The van der Waals surface area contributed by atoms with Gasteiger partial charge in [0.15, 0.2) is 0 Å². The molecule has 26 heavy (non-hydrogen) atoms. The third kappa shape index (κ3) is 3.69. The fraction of sp³-hybridized carbons (Fsp3) is 0.286. The number of fused-ring (bicyclic) bond motifs is 1. The van der Waals surface area contributed by atoms with Crippen LogP contribution in [0.4, 0.5) is 0 Å². The summed E-state index contributed by atoms with van der Waals surface area (Å²) in [5.41, 5.74) is 4.73. The molecule has 0 saturated heterocycles. The highest BCUT2D eigenvalue weighted by molar-refractivity contribution is 9.10. The van der Waals surface area contributed by atoms with E-state index in [4.69, 9.17) is 9.15 Å². The second kappa shape index (κ2) is 7.64. The highest BCUT2D eigenvalue weighted by Gasteiger charge is 2.14. The quantitative estimate of drug-likeness (QED) is 0.639. The van der Waals surface area contributed by atoms with Crippen LogP contribution < -0.4 is 15.7 Å². The monoisotopic (exact) mass is 416 g/mol. The second-order valence-electron chi connectivity index (χ2n) is 6.60. The predicted octanol–water partition coefficient (Wildman–Crippen LogP) is 4.01. The van der Waals surface area contributed by atoms with Gasteiger partial charge in [-0.3, -0.25) is 0 Å². The van der Waals surface area contributed by atoms with Gasteiger partial charge in [-0.25, -0.2) is 4.79 Å². The number of hydrogen-bond acceptors (Lipinski definition) is 3. The van der Waals surface area contributed by atoms with Gasteiger partial charge in [-0.05, 0) is 66.0 Å². The number of hydrogen-bond donors (Lipinski definition) is 1. The number of rotatable bonds is 5. The van der Waals surface area contributed by atoms with Crippen LogP contribution in [0.2, 0.25) is 0 Å². The molecule has 1 heterocycles. The van der Waals surface area contributed by atoms with Crippen LogP contribution in [-0.2, 0) is 6.54 Å². The van der Waals surface area contributed by atoms with Crippen molar-refractivity contribution >= 4 is 26.9 Å². The maximum Gasteiger partial charge on any atom is 0.336 e. The molecule has 0 unspecified atom stereocenters. The Morgan fingerprint density at radius 3 is 2.65 bits per heavy atom. The largest absolute Gasteiger partial charge is 0.496 e. The van der Waals surface area contributed by atoms with Crippen molar-refractivity contribution in [2.45, 2.75) is 33.4 Å². The summed E-state index contributed by atoms with van der Waals surface area (Å²) in [7, 11) is 1.66. The van der Waals surface area contributed by atoms with Crippen molar-refractivity contribution in [1.82, 2.24) is 0 Å². The molecule has 0 fully saturated rings. The molecule has 0 aliphatic heterocycles. The summed E-state index contributed by atoms with van der Waals surface area (Å²) in [6.07, 6.45) is 0. The van der Waals surface area contributed by atoms with E-state index in [0.29, 0.717) is 12.1 Å². The van der Waals surface area contributed by atoms with E-state index >= 15 is 0 Å². The van der Waals surface area contributed by atoms with Crippen LogP contribution >= 0.6 is 15.9 Å². The summed E-state index contributed by atoms with van der Waals surface area (Å²) in [6.45, 7) is 6.87. The van der Waals surface area contributed by atoms with Gasteiger partial charge in [0.05, 0.1) is 11.6 Å². The van der Waals surface area contributed by atoms with E-state index < -0.39 is 0 Å². The molecule has 4 nitrogen and oxygen atoms in total. The molecule has 0 aliphatic carbocycles. The van der Waals surface area contributed by atoms with Crippen molar-refractivity contribution in [3.05, 3.63) is 73.5 Å². The number of methoxy groups -OCH3 is 1. The van der Waals surface area contributed by atoms with Crippen LogP contribution in [0.15, 0.2) is 50.1 Å². The summed E-state index contributed by atoms with van der Waals surface area (Å²) in [4.78, 5) is 12.0. The predicted molar refractivity (Wildman–Crippen MR) is 107 cm³/mol. The fourth-order valence-electron chi connectivity index (χ4n) is 3.10. The van der Waals surface area contributed by atoms with Gasteiger partial charge in [0, 0.05) is 22.6 Å². The minimum Gasteiger partial charge on any atom is -0.496 e. The molecule has 2 aromatic carbocycles. The molecule has 0 amide bonds. The third-order valence-corrected chi connectivity index (χ3v) is 5.53. The SMILES string of the molecule is COc1ccc([C@@H](C)[NH2+]Cc2cc(=O)oc3c(C)c(C)ccc23)cc1Br. The van der Waals surface area contributed by atoms with Gasteiger partial charge in [0.1, 0.15) is 23.9 Å². The Balaban J connectivity index is 1.86. The zero-order valence-corrected chi connectivity index (χ0v) is 17.0. The molecule has 0 spiro atoms. The van der Waals surface area contributed by atoms with Crippen molar-refractivity contribution in [1.29, 1.82) is 0 Å². The standard InChI is InChI=1S/C21H22BrNO3/c1-12-5-7-17-16(10-20(24)26-21(17)13(12)2)11-23-14(3)15-6-8-19(25-4)18(22)9-15/h5-10,14,23H,11H2,1-4H3/p+1/t14-/m1/s1. The Morgan fingerprint density at radius 1 is 1.19 bits per heavy atom. The summed E-state index contributed by atoms with van der Waals surface area (Å²) in [5, 5.41) is 3.23. The topological polar surface area (TPSA) is 56.0 Å². The molecule has 3 aromatic rings. The van der Waals surface area contributed by atoms with Crippen molar-refractivity contribution in [3.63, 3.8) is 0 Å². The van der Waals surface area contributed by atoms with Gasteiger partial charge in [-0.1, -0.05) is 12.1 Å². The van der Waals surface area contributed by atoms with E-state index in [0.717, 1.165) is 32.3 Å². The van der Waals surface area contributed by atoms with Gasteiger partial charge in [-0.15, -0.1) is 0 Å². The second-order valence-corrected chi connectivity index (χ2v) is 7.45. The molecule has 0 radical (unpaired) electrons. The maximum atomic E-state index is 12.0. The van der Waals surface area contributed by atoms with E-state index in [1.807, 2.05) is 26.0 Å². The van der Waals surface area contributed by atoms with E-state index in [9.17, 15) is 4.79 Å². The lowest BCUT2D eigenvalue weighted by atomic mass is 10.0. The van der Waals surface area contributed by atoms with E-state index in [-0.39, 0.29) is 11.7 Å². The fourth-order valence-corrected chi connectivity index (χ4v) is 3.66. The molecule has 0 aliphatic rings. The number of nitrogens with two attached hydrogens (primary N) is 1. The molecule has 0 bridgehead atoms.